The number of terminal acetylenes is 1. The highest BCUT2D eigenvalue weighted by atomic mass is 35.5. The molecule has 16 heavy (non-hydrogen) atoms. The summed E-state index contributed by atoms with van der Waals surface area (Å²) in [4.78, 5) is 13.2. The zero-order chi connectivity index (χ0) is 12.0. The van der Waals surface area contributed by atoms with E-state index in [0.717, 1.165) is 17.7 Å². The summed E-state index contributed by atoms with van der Waals surface area (Å²) in [6, 6.07) is 7.71. The summed E-state index contributed by atoms with van der Waals surface area (Å²) in [6.07, 6.45) is 6.12. The average Bonchev–Trinajstić information content (AvgIpc) is 2.35. The Morgan fingerprint density at radius 3 is 2.75 bits per heavy atom. The number of aryl methyl sites for hydroxylation is 1. The summed E-state index contributed by atoms with van der Waals surface area (Å²) in [7, 11) is 0. The molecule has 0 bridgehead atoms. The largest absolute Gasteiger partial charge is 0.299 e. The van der Waals surface area contributed by atoms with Gasteiger partial charge in [-0.1, -0.05) is 31.0 Å². The number of hydrogen-bond acceptors (Lipinski definition) is 1. The molecule has 1 rings (SSSR count). The predicted octanol–water partition coefficient (Wildman–Crippen LogP) is 2.45. The molecule has 0 spiro atoms. The van der Waals surface area contributed by atoms with Gasteiger partial charge < -0.3 is 0 Å². The molecule has 0 aliphatic carbocycles. The Labute approximate surface area is 101 Å². The van der Waals surface area contributed by atoms with Gasteiger partial charge in [0.25, 0.3) is 0 Å². The van der Waals surface area contributed by atoms with E-state index >= 15 is 0 Å². The van der Waals surface area contributed by atoms with E-state index in [1.54, 1.807) is 4.90 Å². The van der Waals surface area contributed by atoms with Crippen molar-refractivity contribution in [2.75, 3.05) is 17.3 Å². The van der Waals surface area contributed by atoms with Crippen LogP contribution in [0.15, 0.2) is 24.3 Å². The summed E-state index contributed by atoms with van der Waals surface area (Å²) in [6.45, 7) is 2.29. The van der Waals surface area contributed by atoms with Crippen LogP contribution in [0.4, 0.5) is 5.69 Å². The molecule has 0 unspecified atom stereocenters. The summed E-state index contributed by atoms with van der Waals surface area (Å²) in [5.41, 5.74) is 1.95. The number of amides is 1. The SMILES string of the molecule is C#CCN(C(=O)CCl)c1ccccc1CC. The maximum absolute atomic E-state index is 11.7. The molecule has 3 heteroatoms. The van der Waals surface area contributed by atoms with E-state index in [4.69, 9.17) is 18.0 Å². The topological polar surface area (TPSA) is 20.3 Å². The Morgan fingerprint density at radius 2 is 2.19 bits per heavy atom. The average molecular weight is 236 g/mol. The van der Waals surface area contributed by atoms with E-state index in [9.17, 15) is 4.79 Å². The number of carbonyl (C=O) groups is 1. The number of anilines is 1. The molecule has 1 aromatic carbocycles. The van der Waals surface area contributed by atoms with Gasteiger partial charge in [-0.05, 0) is 18.1 Å². The quantitative estimate of drug-likeness (QED) is 0.580. The molecule has 0 saturated heterocycles. The smallest absolute Gasteiger partial charge is 0.242 e. The molecule has 1 aromatic rings. The summed E-state index contributed by atoms with van der Waals surface area (Å²) < 4.78 is 0. The normalized spacial score (nSPS) is 9.56. The third-order valence-electron chi connectivity index (χ3n) is 2.33. The first-order valence-corrected chi connectivity index (χ1v) is 5.65. The zero-order valence-electron chi connectivity index (χ0n) is 9.24. The Bertz CT molecular complexity index is 409. The molecule has 0 aliphatic rings. The molecule has 2 nitrogen and oxygen atoms in total. The van der Waals surface area contributed by atoms with Crippen LogP contribution >= 0.6 is 11.6 Å². The van der Waals surface area contributed by atoms with Crippen LogP contribution in [0.2, 0.25) is 0 Å². The molecule has 0 aromatic heterocycles. The van der Waals surface area contributed by atoms with E-state index < -0.39 is 0 Å². The second-order valence-corrected chi connectivity index (χ2v) is 3.57. The van der Waals surface area contributed by atoms with Crippen molar-refractivity contribution in [1.29, 1.82) is 0 Å². The Hall–Kier alpha value is -1.46. The third kappa shape index (κ3) is 2.77. The van der Waals surface area contributed by atoms with Gasteiger partial charge in [-0.15, -0.1) is 18.0 Å². The van der Waals surface area contributed by atoms with Crippen LogP contribution in [0.25, 0.3) is 0 Å². The molecule has 0 atom stereocenters. The van der Waals surface area contributed by atoms with Crippen molar-refractivity contribution in [2.45, 2.75) is 13.3 Å². The number of benzene rings is 1. The Balaban J connectivity index is 3.10. The zero-order valence-corrected chi connectivity index (χ0v) is 10.00. The van der Waals surface area contributed by atoms with E-state index in [1.165, 1.54) is 0 Å². The molecule has 0 radical (unpaired) electrons. The lowest BCUT2D eigenvalue weighted by atomic mass is 10.1. The number of rotatable bonds is 4. The lowest BCUT2D eigenvalue weighted by Gasteiger charge is -2.22. The number of nitrogens with zero attached hydrogens (tertiary/aromatic N) is 1. The van der Waals surface area contributed by atoms with Crippen molar-refractivity contribution in [3.05, 3.63) is 29.8 Å². The maximum atomic E-state index is 11.7. The van der Waals surface area contributed by atoms with Crippen LogP contribution in [0, 0.1) is 12.3 Å². The molecule has 0 fully saturated rings. The maximum Gasteiger partial charge on any atom is 0.242 e. The van der Waals surface area contributed by atoms with Crippen LogP contribution in [0.1, 0.15) is 12.5 Å². The first-order valence-electron chi connectivity index (χ1n) is 5.12. The van der Waals surface area contributed by atoms with Gasteiger partial charge in [-0.2, -0.15) is 0 Å². The predicted molar refractivity (Wildman–Crippen MR) is 67.7 cm³/mol. The van der Waals surface area contributed by atoms with Gasteiger partial charge >= 0.3 is 0 Å². The van der Waals surface area contributed by atoms with Crippen molar-refractivity contribution >= 4 is 23.2 Å². The van der Waals surface area contributed by atoms with Crippen molar-refractivity contribution in [1.82, 2.24) is 0 Å². The number of para-hydroxylation sites is 1. The van der Waals surface area contributed by atoms with Gasteiger partial charge in [0.2, 0.25) is 5.91 Å². The molecule has 0 aliphatic heterocycles. The Morgan fingerprint density at radius 1 is 1.50 bits per heavy atom. The molecule has 0 heterocycles. The fraction of sp³-hybridized carbons (Fsp3) is 0.308. The molecule has 1 amide bonds. The van der Waals surface area contributed by atoms with Crippen LogP contribution in [0.5, 0.6) is 0 Å². The minimum atomic E-state index is -0.166. The fourth-order valence-corrected chi connectivity index (χ4v) is 1.69. The van der Waals surface area contributed by atoms with E-state index in [-0.39, 0.29) is 18.3 Å². The van der Waals surface area contributed by atoms with Gasteiger partial charge in [-0.3, -0.25) is 9.69 Å². The summed E-state index contributed by atoms with van der Waals surface area (Å²) in [5.74, 6) is 2.26. The second kappa shape index (κ2) is 6.19. The van der Waals surface area contributed by atoms with E-state index in [1.807, 2.05) is 31.2 Å². The minimum Gasteiger partial charge on any atom is -0.299 e. The van der Waals surface area contributed by atoms with Crippen LogP contribution in [-0.2, 0) is 11.2 Å². The standard InChI is InChI=1S/C13H14ClNO/c1-3-9-15(13(16)10-14)12-8-6-5-7-11(12)4-2/h1,5-8H,4,9-10H2,2H3. The fourth-order valence-electron chi connectivity index (χ4n) is 1.54. The summed E-state index contributed by atoms with van der Waals surface area (Å²) >= 11 is 5.57. The molecule has 84 valence electrons. The lowest BCUT2D eigenvalue weighted by Crippen LogP contribution is -2.33. The molecule has 0 N–H and O–H groups in total. The first kappa shape index (κ1) is 12.6. The Kier molecular flexibility index (Phi) is 4.88. The van der Waals surface area contributed by atoms with Crippen molar-refractivity contribution in [2.24, 2.45) is 0 Å². The van der Waals surface area contributed by atoms with Gasteiger partial charge in [0.05, 0.1) is 6.54 Å². The van der Waals surface area contributed by atoms with Gasteiger partial charge in [-0.25, -0.2) is 0 Å². The van der Waals surface area contributed by atoms with Crippen LogP contribution in [-0.4, -0.2) is 18.3 Å². The number of hydrogen-bond donors (Lipinski definition) is 0. The highest BCUT2D eigenvalue weighted by Crippen LogP contribution is 2.21. The highest BCUT2D eigenvalue weighted by molar-refractivity contribution is 6.29. The lowest BCUT2D eigenvalue weighted by molar-refractivity contribution is -0.116. The van der Waals surface area contributed by atoms with E-state index in [2.05, 4.69) is 5.92 Å². The molecular weight excluding hydrogens is 222 g/mol. The van der Waals surface area contributed by atoms with Gasteiger partial charge in [0, 0.05) is 5.69 Å². The monoisotopic (exact) mass is 235 g/mol. The number of alkyl halides is 1. The van der Waals surface area contributed by atoms with Crippen LogP contribution < -0.4 is 4.90 Å². The first-order chi connectivity index (χ1) is 7.74. The molecule has 0 saturated carbocycles. The van der Waals surface area contributed by atoms with Crippen molar-refractivity contribution in [3.8, 4) is 12.3 Å². The third-order valence-corrected chi connectivity index (χ3v) is 2.56. The highest BCUT2D eigenvalue weighted by Gasteiger charge is 2.15. The van der Waals surface area contributed by atoms with Gasteiger partial charge in [0.15, 0.2) is 0 Å². The number of halogens is 1. The van der Waals surface area contributed by atoms with E-state index in [0.29, 0.717) is 0 Å². The van der Waals surface area contributed by atoms with Gasteiger partial charge in [0.1, 0.15) is 5.88 Å². The van der Waals surface area contributed by atoms with Crippen molar-refractivity contribution in [3.63, 3.8) is 0 Å². The minimum absolute atomic E-state index is 0.0558. The second-order valence-electron chi connectivity index (χ2n) is 3.30. The van der Waals surface area contributed by atoms with Crippen LogP contribution in [0.3, 0.4) is 0 Å². The number of carbonyl (C=O) groups excluding carboxylic acids is 1. The summed E-state index contributed by atoms with van der Waals surface area (Å²) in [5, 5.41) is 0. The van der Waals surface area contributed by atoms with Crippen molar-refractivity contribution < 1.29 is 4.79 Å². The molecular formula is C13H14ClNO.